The molecule has 2 aromatic carbocycles. The van der Waals surface area contributed by atoms with E-state index in [1.807, 2.05) is 47.3 Å². The molecular weight excluding hydrogens is 428 g/mol. The molecule has 33 heavy (non-hydrogen) atoms. The lowest BCUT2D eigenvalue weighted by Crippen LogP contribution is -2.00. The van der Waals surface area contributed by atoms with E-state index in [1.54, 1.807) is 18.0 Å². The Morgan fingerprint density at radius 2 is 1.61 bits per heavy atom. The van der Waals surface area contributed by atoms with E-state index in [0.29, 0.717) is 6.04 Å². The van der Waals surface area contributed by atoms with Gasteiger partial charge in [-0.3, -0.25) is 9.55 Å². The number of hydrogen-bond donors (Lipinski definition) is 0. The van der Waals surface area contributed by atoms with Crippen molar-refractivity contribution in [3.63, 3.8) is 0 Å². The molecule has 5 aromatic rings. The first-order valence-corrected chi connectivity index (χ1v) is 12.0. The number of hydrogen-bond acceptors (Lipinski definition) is 5. The number of aromatic nitrogens is 6. The van der Waals surface area contributed by atoms with E-state index in [-0.39, 0.29) is 0 Å². The maximum absolute atomic E-state index is 4.94. The molecule has 162 valence electrons. The third-order valence-corrected chi connectivity index (χ3v) is 6.70. The van der Waals surface area contributed by atoms with Crippen LogP contribution in [0.2, 0.25) is 0 Å². The molecule has 0 N–H and O–H groups in total. The molecule has 7 heteroatoms. The molecule has 6 nitrogen and oxygen atoms in total. The molecule has 0 spiro atoms. The van der Waals surface area contributed by atoms with Gasteiger partial charge >= 0.3 is 0 Å². The fourth-order valence-electron chi connectivity index (χ4n) is 3.94. The first-order valence-electron chi connectivity index (χ1n) is 11.0. The van der Waals surface area contributed by atoms with Crippen molar-refractivity contribution < 1.29 is 0 Å². The maximum atomic E-state index is 4.94. The predicted octanol–water partition coefficient (Wildman–Crippen LogP) is 5.82. The molecule has 3 heterocycles. The van der Waals surface area contributed by atoms with Crippen molar-refractivity contribution in [2.75, 3.05) is 0 Å². The number of rotatable bonds is 7. The van der Waals surface area contributed by atoms with Gasteiger partial charge in [0.2, 0.25) is 0 Å². The van der Waals surface area contributed by atoms with Crippen LogP contribution in [0.4, 0.5) is 0 Å². The summed E-state index contributed by atoms with van der Waals surface area (Å²) in [5.41, 5.74) is 5.33. The second-order valence-electron chi connectivity index (χ2n) is 8.09. The minimum atomic E-state index is 0.471. The van der Waals surface area contributed by atoms with Gasteiger partial charge in [0.25, 0.3) is 0 Å². The number of nitrogens with zero attached hydrogens (tertiary/aromatic N) is 6. The lowest BCUT2D eigenvalue weighted by atomic mass is 10.1. The van der Waals surface area contributed by atoms with E-state index in [2.05, 4.69) is 62.3 Å². The highest BCUT2D eigenvalue weighted by Gasteiger charge is 2.30. The van der Waals surface area contributed by atoms with E-state index in [9.17, 15) is 0 Å². The monoisotopic (exact) mass is 450 g/mol. The molecule has 1 aliphatic carbocycles. The Morgan fingerprint density at radius 1 is 0.848 bits per heavy atom. The molecule has 1 saturated carbocycles. The average Bonchev–Trinajstić information content (AvgIpc) is 3.49. The number of pyridine rings is 1. The van der Waals surface area contributed by atoms with E-state index in [1.165, 1.54) is 18.4 Å². The second-order valence-corrected chi connectivity index (χ2v) is 9.03. The highest BCUT2D eigenvalue weighted by Crippen LogP contribution is 2.41. The average molecular weight is 451 g/mol. The van der Waals surface area contributed by atoms with E-state index in [0.717, 1.165) is 39.2 Å². The van der Waals surface area contributed by atoms with E-state index < -0.39 is 0 Å². The summed E-state index contributed by atoms with van der Waals surface area (Å²) in [5.74, 6) is 1.66. The molecule has 1 aliphatic rings. The van der Waals surface area contributed by atoms with Crippen molar-refractivity contribution in [2.45, 2.75) is 29.8 Å². The highest BCUT2D eigenvalue weighted by atomic mass is 32.2. The van der Waals surface area contributed by atoms with Gasteiger partial charge < -0.3 is 0 Å². The van der Waals surface area contributed by atoms with Crippen molar-refractivity contribution in [2.24, 2.45) is 0 Å². The van der Waals surface area contributed by atoms with Crippen LogP contribution in [0, 0.1) is 0 Å². The standard InChI is InChI=1S/C26H22N6S/c1-3-8-19(9-4-1)24-21(17-31(30-24)22-11-5-2-6-12-22)18-33-26-29-28-25(32(26)23-13-14-23)20-10-7-15-27-16-20/h1-12,15-17,23H,13-14,18H2. The molecule has 0 bridgehead atoms. The summed E-state index contributed by atoms with van der Waals surface area (Å²) in [5, 5.41) is 15.0. The van der Waals surface area contributed by atoms with Gasteiger partial charge in [0, 0.05) is 47.1 Å². The minimum Gasteiger partial charge on any atom is -0.299 e. The molecule has 0 atom stereocenters. The van der Waals surface area contributed by atoms with Crippen LogP contribution in [-0.2, 0) is 5.75 Å². The number of para-hydroxylation sites is 1. The molecule has 6 rings (SSSR count). The lowest BCUT2D eigenvalue weighted by Gasteiger charge is -2.08. The Hall–Kier alpha value is -3.71. The van der Waals surface area contributed by atoms with Crippen LogP contribution in [0.1, 0.15) is 24.4 Å². The Labute approximate surface area is 196 Å². The third-order valence-electron chi connectivity index (χ3n) is 5.71. The predicted molar refractivity (Wildman–Crippen MR) is 130 cm³/mol. The molecule has 0 radical (unpaired) electrons. The topological polar surface area (TPSA) is 61.4 Å². The Morgan fingerprint density at radius 3 is 2.33 bits per heavy atom. The maximum Gasteiger partial charge on any atom is 0.192 e. The van der Waals surface area contributed by atoms with Crippen molar-refractivity contribution >= 4 is 11.8 Å². The van der Waals surface area contributed by atoms with Crippen molar-refractivity contribution in [1.82, 2.24) is 29.5 Å². The van der Waals surface area contributed by atoms with Gasteiger partial charge in [-0.1, -0.05) is 60.3 Å². The molecule has 3 aromatic heterocycles. The summed E-state index contributed by atoms with van der Waals surface area (Å²) >= 11 is 1.72. The Kier molecular flexibility index (Phi) is 5.24. The zero-order valence-electron chi connectivity index (χ0n) is 18.0. The highest BCUT2D eigenvalue weighted by molar-refractivity contribution is 7.98. The van der Waals surface area contributed by atoms with Crippen LogP contribution < -0.4 is 0 Å². The Bertz CT molecular complexity index is 1360. The summed E-state index contributed by atoms with van der Waals surface area (Å²) in [6.45, 7) is 0. The van der Waals surface area contributed by atoms with Crippen molar-refractivity contribution in [3.8, 4) is 28.3 Å². The van der Waals surface area contributed by atoms with Gasteiger partial charge in [-0.05, 0) is 37.1 Å². The summed E-state index contributed by atoms with van der Waals surface area (Å²) in [7, 11) is 0. The summed E-state index contributed by atoms with van der Waals surface area (Å²) in [6, 6.07) is 25.0. The summed E-state index contributed by atoms with van der Waals surface area (Å²) in [4.78, 5) is 4.26. The normalized spacial score (nSPS) is 13.3. The molecule has 0 amide bonds. The van der Waals surface area contributed by atoms with Crippen LogP contribution >= 0.6 is 11.8 Å². The third kappa shape index (κ3) is 4.07. The van der Waals surface area contributed by atoms with Crippen molar-refractivity contribution in [1.29, 1.82) is 0 Å². The van der Waals surface area contributed by atoms with Gasteiger partial charge in [-0.15, -0.1) is 10.2 Å². The quantitative estimate of drug-likeness (QED) is 0.292. The summed E-state index contributed by atoms with van der Waals surface area (Å²) < 4.78 is 4.25. The van der Waals surface area contributed by atoms with E-state index in [4.69, 9.17) is 5.10 Å². The van der Waals surface area contributed by atoms with Gasteiger partial charge in [0.15, 0.2) is 11.0 Å². The van der Waals surface area contributed by atoms with Crippen molar-refractivity contribution in [3.05, 3.63) is 97.0 Å². The fourth-order valence-corrected chi connectivity index (χ4v) is 4.91. The lowest BCUT2D eigenvalue weighted by molar-refractivity contribution is 0.669. The van der Waals surface area contributed by atoms with Crippen LogP contribution in [0.15, 0.2) is 96.5 Å². The first-order chi connectivity index (χ1) is 16.4. The molecule has 0 unspecified atom stereocenters. The van der Waals surface area contributed by atoms with E-state index >= 15 is 0 Å². The van der Waals surface area contributed by atoms with Crippen LogP contribution in [0.25, 0.3) is 28.3 Å². The molecule has 0 saturated heterocycles. The minimum absolute atomic E-state index is 0.471. The van der Waals surface area contributed by atoms with Crippen LogP contribution in [-0.4, -0.2) is 29.5 Å². The first kappa shape index (κ1) is 19.9. The van der Waals surface area contributed by atoms with Gasteiger partial charge in [0.1, 0.15) is 0 Å². The Balaban J connectivity index is 1.34. The largest absolute Gasteiger partial charge is 0.299 e. The molecule has 1 fully saturated rings. The van der Waals surface area contributed by atoms with Crippen LogP contribution in [0.3, 0.4) is 0 Å². The smallest absolute Gasteiger partial charge is 0.192 e. The zero-order valence-corrected chi connectivity index (χ0v) is 18.8. The second kappa shape index (κ2) is 8.67. The zero-order chi connectivity index (χ0) is 22.0. The SMILES string of the molecule is c1ccc(-c2nn(-c3ccccc3)cc2CSc2nnc(-c3cccnc3)n2C2CC2)cc1. The van der Waals surface area contributed by atoms with Gasteiger partial charge in [-0.2, -0.15) is 5.10 Å². The summed E-state index contributed by atoms with van der Waals surface area (Å²) in [6.07, 6.45) is 8.10. The molecular formula is C26H22N6S. The van der Waals surface area contributed by atoms with Gasteiger partial charge in [-0.25, -0.2) is 4.68 Å². The molecule has 0 aliphatic heterocycles. The number of benzene rings is 2. The fraction of sp³-hybridized carbons (Fsp3) is 0.154. The van der Waals surface area contributed by atoms with Crippen LogP contribution in [0.5, 0.6) is 0 Å². The van der Waals surface area contributed by atoms with Gasteiger partial charge in [0.05, 0.1) is 11.4 Å². The number of thioether (sulfide) groups is 1.